The topological polar surface area (TPSA) is 72.2 Å². The Morgan fingerprint density at radius 1 is 1.05 bits per heavy atom. The normalized spacial score (nSPS) is 11.3. The monoisotopic (exact) mass is 304 g/mol. The summed E-state index contributed by atoms with van der Waals surface area (Å²) in [5, 5.41) is 0. The molecule has 0 aromatic heterocycles. The maximum absolute atomic E-state index is 12.2. The molecule has 2 aromatic carbocycles. The van der Waals surface area contributed by atoms with Crippen LogP contribution in [0, 0.1) is 13.8 Å². The van der Waals surface area contributed by atoms with Gasteiger partial charge in [-0.25, -0.2) is 8.42 Å². The smallest absolute Gasteiger partial charge is 0.233 e. The van der Waals surface area contributed by atoms with Crippen LogP contribution in [0.1, 0.15) is 16.7 Å². The Morgan fingerprint density at radius 2 is 1.71 bits per heavy atom. The summed E-state index contributed by atoms with van der Waals surface area (Å²) >= 11 is 0. The van der Waals surface area contributed by atoms with Crippen molar-refractivity contribution in [2.75, 3.05) is 16.2 Å². The summed E-state index contributed by atoms with van der Waals surface area (Å²) in [6, 6.07) is 13.1. The highest BCUT2D eigenvalue weighted by Crippen LogP contribution is 2.25. The number of aryl methyl sites for hydroxylation is 2. The van der Waals surface area contributed by atoms with E-state index >= 15 is 0 Å². The summed E-state index contributed by atoms with van der Waals surface area (Å²) in [4.78, 5) is 0. The first kappa shape index (κ1) is 15.4. The van der Waals surface area contributed by atoms with Gasteiger partial charge in [0.05, 0.1) is 11.4 Å². The van der Waals surface area contributed by atoms with Crippen molar-refractivity contribution in [2.24, 2.45) is 0 Å². The number of anilines is 2. The van der Waals surface area contributed by atoms with Crippen LogP contribution in [0.5, 0.6) is 0 Å². The van der Waals surface area contributed by atoms with E-state index in [1.54, 1.807) is 6.07 Å². The minimum atomic E-state index is -3.39. The van der Waals surface area contributed by atoms with Crippen LogP contribution in [0.4, 0.5) is 11.4 Å². The molecule has 2 aromatic rings. The first-order chi connectivity index (χ1) is 9.89. The molecule has 0 unspecified atom stereocenters. The van der Waals surface area contributed by atoms with Gasteiger partial charge >= 0.3 is 0 Å². The number of hydrogen-bond donors (Lipinski definition) is 2. The van der Waals surface area contributed by atoms with Gasteiger partial charge in [-0.15, -0.1) is 0 Å². The van der Waals surface area contributed by atoms with Gasteiger partial charge in [-0.3, -0.25) is 4.72 Å². The molecule has 5 heteroatoms. The second kappa shape index (κ2) is 6.18. The van der Waals surface area contributed by atoms with Crippen LogP contribution in [-0.4, -0.2) is 14.2 Å². The minimum absolute atomic E-state index is 0.0459. The van der Waals surface area contributed by atoms with Crippen molar-refractivity contribution < 1.29 is 8.42 Å². The number of nitrogen functional groups attached to an aromatic ring is 1. The molecule has 2 rings (SSSR count). The summed E-state index contributed by atoms with van der Waals surface area (Å²) in [5.41, 5.74) is 9.81. The van der Waals surface area contributed by atoms with E-state index in [0.717, 1.165) is 16.7 Å². The second-order valence-corrected chi connectivity index (χ2v) is 6.97. The third-order valence-corrected chi connectivity index (χ3v) is 4.77. The summed E-state index contributed by atoms with van der Waals surface area (Å²) in [6.45, 7) is 3.72. The zero-order valence-corrected chi connectivity index (χ0v) is 13.1. The van der Waals surface area contributed by atoms with Gasteiger partial charge in [-0.2, -0.15) is 0 Å². The Labute approximate surface area is 126 Å². The molecule has 0 saturated heterocycles. The number of hydrogen-bond acceptors (Lipinski definition) is 3. The minimum Gasteiger partial charge on any atom is -0.398 e. The van der Waals surface area contributed by atoms with Crippen LogP contribution in [0.15, 0.2) is 42.5 Å². The maximum atomic E-state index is 12.2. The zero-order chi connectivity index (χ0) is 15.5. The molecule has 4 nitrogen and oxygen atoms in total. The molecule has 0 spiro atoms. The van der Waals surface area contributed by atoms with E-state index in [2.05, 4.69) is 4.72 Å². The Bertz CT molecular complexity index is 725. The summed E-state index contributed by atoms with van der Waals surface area (Å²) in [5.74, 6) is 0.0459. The van der Waals surface area contributed by atoms with Crippen LogP contribution >= 0.6 is 0 Å². The zero-order valence-electron chi connectivity index (χ0n) is 12.3. The van der Waals surface area contributed by atoms with Crippen molar-refractivity contribution >= 4 is 21.4 Å². The fourth-order valence-corrected chi connectivity index (χ4v) is 3.25. The molecule has 21 heavy (non-hydrogen) atoms. The number of nitrogens with one attached hydrogen (secondary N) is 1. The fourth-order valence-electron chi connectivity index (χ4n) is 2.09. The largest absolute Gasteiger partial charge is 0.398 e. The van der Waals surface area contributed by atoms with Gasteiger partial charge in [0.15, 0.2) is 0 Å². The standard InChI is InChI=1S/C16H20N2O2S/c1-12-8-9-15(13(2)16(12)17)18-21(19,20)11-10-14-6-4-3-5-7-14/h3-9,18H,10-11,17H2,1-2H3. The average Bonchev–Trinajstić information content (AvgIpc) is 2.47. The molecule has 0 amide bonds. The van der Waals surface area contributed by atoms with E-state index in [1.807, 2.05) is 50.2 Å². The van der Waals surface area contributed by atoms with E-state index < -0.39 is 10.0 Å². The Kier molecular flexibility index (Phi) is 4.53. The van der Waals surface area contributed by atoms with Gasteiger partial charge in [0.2, 0.25) is 10.0 Å². The van der Waals surface area contributed by atoms with Crippen molar-refractivity contribution in [3.8, 4) is 0 Å². The number of sulfonamides is 1. The number of benzene rings is 2. The molecule has 0 heterocycles. The predicted molar refractivity (Wildman–Crippen MR) is 87.9 cm³/mol. The van der Waals surface area contributed by atoms with Gasteiger partial charge in [0.25, 0.3) is 0 Å². The Hall–Kier alpha value is -2.01. The fraction of sp³-hybridized carbons (Fsp3) is 0.250. The third kappa shape index (κ3) is 3.98. The highest BCUT2D eigenvalue weighted by molar-refractivity contribution is 7.92. The lowest BCUT2D eigenvalue weighted by Gasteiger charge is -2.13. The van der Waals surface area contributed by atoms with Crippen molar-refractivity contribution in [2.45, 2.75) is 20.3 Å². The van der Waals surface area contributed by atoms with E-state index in [4.69, 9.17) is 5.73 Å². The van der Waals surface area contributed by atoms with Crippen LogP contribution < -0.4 is 10.5 Å². The number of nitrogens with two attached hydrogens (primary N) is 1. The molecule has 0 fully saturated rings. The molecular weight excluding hydrogens is 284 g/mol. The van der Waals surface area contributed by atoms with Crippen LogP contribution in [0.2, 0.25) is 0 Å². The van der Waals surface area contributed by atoms with Crippen molar-refractivity contribution in [3.05, 3.63) is 59.2 Å². The Balaban J connectivity index is 2.10. The highest BCUT2D eigenvalue weighted by atomic mass is 32.2. The molecule has 0 atom stereocenters. The second-order valence-electron chi connectivity index (χ2n) is 5.13. The first-order valence-corrected chi connectivity index (χ1v) is 8.44. The van der Waals surface area contributed by atoms with Gasteiger partial charge < -0.3 is 5.73 Å². The quantitative estimate of drug-likeness (QED) is 0.834. The average molecular weight is 304 g/mol. The highest BCUT2D eigenvalue weighted by Gasteiger charge is 2.13. The van der Waals surface area contributed by atoms with Crippen molar-refractivity contribution in [1.29, 1.82) is 0 Å². The van der Waals surface area contributed by atoms with Crippen LogP contribution in [0.3, 0.4) is 0 Å². The van der Waals surface area contributed by atoms with E-state index in [0.29, 0.717) is 17.8 Å². The van der Waals surface area contributed by atoms with Gasteiger partial charge in [0, 0.05) is 5.69 Å². The molecule has 112 valence electrons. The lowest BCUT2D eigenvalue weighted by atomic mass is 10.1. The van der Waals surface area contributed by atoms with Gasteiger partial charge in [-0.1, -0.05) is 36.4 Å². The molecule has 0 aliphatic rings. The maximum Gasteiger partial charge on any atom is 0.233 e. The molecule has 0 radical (unpaired) electrons. The van der Waals surface area contributed by atoms with Gasteiger partial charge in [0.1, 0.15) is 0 Å². The summed E-state index contributed by atoms with van der Waals surface area (Å²) in [7, 11) is -3.39. The molecule has 0 saturated carbocycles. The SMILES string of the molecule is Cc1ccc(NS(=O)(=O)CCc2ccccc2)c(C)c1N. The molecule has 0 aliphatic carbocycles. The van der Waals surface area contributed by atoms with E-state index in [1.165, 1.54) is 0 Å². The van der Waals surface area contributed by atoms with Crippen LogP contribution in [0.25, 0.3) is 0 Å². The lowest BCUT2D eigenvalue weighted by molar-refractivity contribution is 0.600. The first-order valence-electron chi connectivity index (χ1n) is 6.79. The molecule has 3 N–H and O–H groups in total. The molecule has 0 bridgehead atoms. The van der Waals surface area contributed by atoms with Gasteiger partial charge in [-0.05, 0) is 43.0 Å². The third-order valence-electron chi connectivity index (χ3n) is 3.50. The van der Waals surface area contributed by atoms with E-state index in [-0.39, 0.29) is 5.75 Å². The van der Waals surface area contributed by atoms with E-state index in [9.17, 15) is 8.42 Å². The van der Waals surface area contributed by atoms with Crippen molar-refractivity contribution in [3.63, 3.8) is 0 Å². The Morgan fingerprint density at radius 3 is 2.38 bits per heavy atom. The summed E-state index contributed by atoms with van der Waals surface area (Å²) in [6.07, 6.45) is 0.483. The predicted octanol–water partition coefficient (Wildman–Crippen LogP) is 2.87. The van der Waals surface area contributed by atoms with Crippen molar-refractivity contribution in [1.82, 2.24) is 0 Å². The molecular formula is C16H20N2O2S. The molecule has 0 aliphatic heterocycles. The lowest BCUT2D eigenvalue weighted by Crippen LogP contribution is -2.19. The van der Waals surface area contributed by atoms with Crippen LogP contribution in [-0.2, 0) is 16.4 Å². The summed E-state index contributed by atoms with van der Waals surface area (Å²) < 4.78 is 27.0. The number of rotatable bonds is 5.